The van der Waals surface area contributed by atoms with Crippen LogP contribution in [0.15, 0.2) is 28.9 Å². The Morgan fingerprint density at radius 1 is 1.04 bits per heavy atom. The molecule has 0 aliphatic heterocycles. The van der Waals surface area contributed by atoms with E-state index in [1.807, 2.05) is 12.1 Å². The Labute approximate surface area is 147 Å². The Hall–Kier alpha value is -1.14. The molecule has 0 bridgehead atoms. The number of hydrogen-bond donors (Lipinski definition) is 0. The first-order valence-electron chi connectivity index (χ1n) is 8.09. The topological polar surface area (TPSA) is 48.1 Å². The standard InChI is InChI=1S/C17H25BrN2O2Si/c1-11(2)23(12(3)4,13(5)6)19-16-8-7-15(20(21)22)9-14(16)10-17(19)18/h7-13H,1-6H3. The van der Waals surface area contributed by atoms with Crippen LogP contribution in [0.2, 0.25) is 16.6 Å². The first kappa shape index (κ1) is 18.2. The number of hydrogen-bond acceptors (Lipinski definition) is 2. The summed E-state index contributed by atoms with van der Waals surface area (Å²) in [6, 6.07) is 7.23. The van der Waals surface area contributed by atoms with Crippen LogP contribution in [0.1, 0.15) is 41.5 Å². The number of benzene rings is 1. The minimum absolute atomic E-state index is 0.146. The van der Waals surface area contributed by atoms with E-state index < -0.39 is 8.24 Å². The van der Waals surface area contributed by atoms with E-state index in [1.54, 1.807) is 12.1 Å². The molecule has 2 aromatic rings. The maximum atomic E-state index is 11.1. The van der Waals surface area contributed by atoms with Gasteiger partial charge in [0, 0.05) is 23.0 Å². The number of aromatic nitrogens is 1. The molecule has 1 heterocycles. The van der Waals surface area contributed by atoms with E-state index in [0.717, 1.165) is 15.5 Å². The van der Waals surface area contributed by atoms with Crippen LogP contribution in [0.4, 0.5) is 5.69 Å². The predicted molar refractivity (Wildman–Crippen MR) is 103 cm³/mol. The van der Waals surface area contributed by atoms with E-state index in [-0.39, 0.29) is 10.6 Å². The number of nitro benzene ring substituents is 1. The largest absolute Gasteiger partial charge is 0.362 e. The van der Waals surface area contributed by atoms with Gasteiger partial charge in [-0.05, 0) is 44.7 Å². The van der Waals surface area contributed by atoms with Crippen LogP contribution >= 0.6 is 15.9 Å². The maximum absolute atomic E-state index is 11.1. The highest BCUT2D eigenvalue weighted by Crippen LogP contribution is 2.46. The van der Waals surface area contributed by atoms with Gasteiger partial charge in [-0.3, -0.25) is 10.1 Å². The molecule has 0 aliphatic carbocycles. The molecule has 2 rings (SSSR count). The highest BCUT2D eigenvalue weighted by Gasteiger charge is 2.46. The molecule has 0 saturated carbocycles. The third-order valence-corrected chi connectivity index (χ3v) is 12.8. The lowest BCUT2D eigenvalue weighted by Gasteiger charge is -2.45. The number of nitro groups is 1. The number of rotatable bonds is 5. The fraction of sp³-hybridized carbons (Fsp3) is 0.529. The van der Waals surface area contributed by atoms with Crippen molar-refractivity contribution in [2.45, 2.75) is 58.2 Å². The van der Waals surface area contributed by atoms with E-state index >= 15 is 0 Å². The van der Waals surface area contributed by atoms with Gasteiger partial charge in [0.05, 0.1) is 9.53 Å². The second-order valence-corrected chi connectivity index (χ2v) is 13.7. The van der Waals surface area contributed by atoms with Gasteiger partial charge in [-0.1, -0.05) is 41.5 Å². The van der Waals surface area contributed by atoms with Crippen LogP contribution in [0, 0.1) is 10.1 Å². The van der Waals surface area contributed by atoms with Gasteiger partial charge in [0.25, 0.3) is 5.69 Å². The lowest BCUT2D eigenvalue weighted by molar-refractivity contribution is -0.384. The second kappa shape index (κ2) is 6.40. The van der Waals surface area contributed by atoms with Crippen molar-refractivity contribution in [3.63, 3.8) is 0 Å². The van der Waals surface area contributed by atoms with Crippen LogP contribution in [0.3, 0.4) is 0 Å². The van der Waals surface area contributed by atoms with E-state index in [1.165, 1.54) is 0 Å². The molecule has 0 radical (unpaired) electrons. The first-order valence-corrected chi connectivity index (χ1v) is 11.1. The van der Waals surface area contributed by atoms with Crippen LogP contribution in [-0.4, -0.2) is 17.4 Å². The number of halogens is 1. The van der Waals surface area contributed by atoms with E-state index in [4.69, 9.17) is 0 Å². The quantitative estimate of drug-likeness (QED) is 0.336. The van der Waals surface area contributed by atoms with Crippen molar-refractivity contribution >= 4 is 40.8 Å². The highest BCUT2D eigenvalue weighted by atomic mass is 79.9. The van der Waals surface area contributed by atoms with Crippen molar-refractivity contribution in [1.29, 1.82) is 0 Å². The van der Waals surface area contributed by atoms with Gasteiger partial charge in [-0.2, -0.15) is 0 Å². The lowest BCUT2D eigenvalue weighted by atomic mass is 10.2. The average molecular weight is 397 g/mol. The molecular formula is C17H25BrN2O2Si. The molecule has 0 spiro atoms. The summed E-state index contributed by atoms with van der Waals surface area (Å²) in [7, 11) is -1.91. The molecule has 23 heavy (non-hydrogen) atoms. The smallest absolute Gasteiger partial charge is 0.270 e. The third-order valence-electron chi connectivity index (χ3n) is 5.11. The highest BCUT2D eigenvalue weighted by molar-refractivity contribution is 9.10. The first-order chi connectivity index (χ1) is 10.6. The van der Waals surface area contributed by atoms with Gasteiger partial charge in [0.15, 0.2) is 8.24 Å². The summed E-state index contributed by atoms with van der Waals surface area (Å²) in [5.41, 5.74) is 2.93. The zero-order chi connectivity index (χ0) is 17.5. The van der Waals surface area contributed by atoms with Crippen molar-refractivity contribution in [2.75, 3.05) is 0 Å². The van der Waals surface area contributed by atoms with Crippen molar-refractivity contribution in [3.05, 3.63) is 39.0 Å². The second-order valence-electron chi connectivity index (χ2n) is 7.15. The Morgan fingerprint density at radius 3 is 2.00 bits per heavy atom. The molecule has 0 N–H and O–H groups in total. The van der Waals surface area contributed by atoms with Gasteiger partial charge in [0.2, 0.25) is 0 Å². The zero-order valence-electron chi connectivity index (χ0n) is 14.6. The molecule has 6 heteroatoms. The van der Waals surface area contributed by atoms with Crippen LogP contribution in [0.25, 0.3) is 10.9 Å². The van der Waals surface area contributed by atoms with Crippen LogP contribution in [0.5, 0.6) is 0 Å². The molecule has 0 amide bonds. The summed E-state index contributed by atoms with van der Waals surface area (Å²) in [6.07, 6.45) is 0. The Kier molecular flexibility index (Phi) is 5.06. The van der Waals surface area contributed by atoms with Gasteiger partial charge in [0.1, 0.15) is 0 Å². The lowest BCUT2D eigenvalue weighted by Crippen LogP contribution is -2.52. The molecule has 0 unspecified atom stereocenters. The summed E-state index contributed by atoms with van der Waals surface area (Å²) < 4.78 is 3.52. The number of non-ortho nitro benzene ring substituents is 1. The summed E-state index contributed by atoms with van der Waals surface area (Å²) in [4.78, 5) is 10.7. The molecule has 126 valence electrons. The molecule has 0 atom stereocenters. The minimum Gasteiger partial charge on any atom is -0.362 e. The molecule has 0 fully saturated rings. The summed E-state index contributed by atoms with van der Waals surface area (Å²) in [6.45, 7) is 13.9. The normalized spacial score (nSPS) is 12.8. The summed E-state index contributed by atoms with van der Waals surface area (Å²) >= 11 is 3.74. The molecule has 1 aromatic carbocycles. The van der Waals surface area contributed by atoms with Crippen molar-refractivity contribution in [3.8, 4) is 0 Å². The average Bonchev–Trinajstić information content (AvgIpc) is 2.74. The molecule has 0 saturated heterocycles. The Balaban J connectivity index is 2.84. The Morgan fingerprint density at radius 2 is 1.57 bits per heavy atom. The van der Waals surface area contributed by atoms with Gasteiger partial charge < -0.3 is 4.23 Å². The van der Waals surface area contributed by atoms with Crippen LogP contribution in [-0.2, 0) is 0 Å². The summed E-state index contributed by atoms with van der Waals surface area (Å²) in [5.74, 6) is 0. The monoisotopic (exact) mass is 396 g/mol. The van der Waals surface area contributed by atoms with E-state index in [2.05, 4.69) is 61.7 Å². The number of fused-ring (bicyclic) bond motifs is 1. The van der Waals surface area contributed by atoms with Gasteiger partial charge in [-0.25, -0.2) is 0 Å². The maximum Gasteiger partial charge on any atom is 0.270 e. The molecular weight excluding hydrogens is 372 g/mol. The van der Waals surface area contributed by atoms with E-state index in [9.17, 15) is 10.1 Å². The van der Waals surface area contributed by atoms with Crippen LogP contribution < -0.4 is 0 Å². The van der Waals surface area contributed by atoms with Gasteiger partial charge >= 0.3 is 0 Å². The van der Waals surface area contributed by atoms with E-state index in [0.29, 0.717) is 16.6 Å². The van der Waals surface area contributed by atoms with Crippen molar-refractivity contribution in [2.24, 2.45) is 0 Å². The minimum atomic E-state index is -1.91. The van der Waals surface area contributed by atoms with Crippen molar-refractivity contribution in [1.82, 2.24) is 4.23 Å². The SMILES string of the molecule is CC(C)[Si](C(C)C)(C(C)C)n1c(Br)cc2cc([N+](=O)[O-])ccc21. The fourth-order valence-electron chi connectivity index (χ4n) is 4.45. The Bertz CT molecular complexity index is 716. The molecule has 1 aromatic heterocycles. The summed E-state index contributed by atoms with van der Waals surface area (Å²) in [5, 5.41) is 12.0. The zero-order valence-corrected chi connectivity index (χ0v) is 17.2. The molecule has 0 aliphatic rings. The van der Waals surface area contributed by atoms with Crippen molar-refractivity contribution < 1.29 is 4.92 Å². The van der Waals surface area contributed by atoms with Gasteiger partial charge in [-0.15, -0.1) is 0 Å². The fourth-order valence-corrected chi connectivity index (χ4v) is 12.4. The predicted octanol–water partition coefficient (Wildman–Crippen LogP) is 6.34. The third kappa shape index (κ3) is 2.76. The number of nitrogens with zero attached hydrogens (tertiary/aromatic N) is 2. The molecule has 4 nitrogen and oxygen atoms in total.